The number of nitrogens with two attached hydrogens (primary N) is 1. The Morgan fingerprint density at radius 1 is 1.14 bits per heavy atom. The van der Waals surface area contributed by atoms with E-state index in [2.05, 4.69) is 4.72 Å². The average Bonchev–Trinajstić information content (AvgIpc) is 2.66. The van der Waals surface area contributed by atoms with Gasteiger partial charge in [-0.1, -0.05) is 43.2 Å². The Labute approximate surface area is 175 Å². The van der Waals surface area contributed by atoms with Gasteiger partial charge in [0.2, 0.25) is 15.9 Å². The summed E-state index contributed by atoms with van der Waals surface area (Å²) < 4.78 is 27.2. The van der Waals surface area contributed by atoms with Gasteiger partial charge in [-0.05, 0) is 55.9 Å². The van der Waals surface area contributed by atoms with E-state index in [0.717, 1.165) is 50.5 Å². The lowest BCUT2D eigenvalue weighted by atomic mass is 9.77. The molecule has 29 heavy (non-hydrogen) atoms. The number of carbonyl (C=O) groups is 1. The Bertz CT molecular complexity index is 757. The summed E-state index contributed by atoms with van der Waals surface area (Å²) >= 11 is 0. The van der Waals surface area contributed by atoms with Crippen LogP contribution in [-0.2, 0) is 20.6 Å². The van der Waals surface area contributed by atoms with Crippen molar-refractivity contribution in [1.29, 1.82) is 0 Å². The van der Waals surface area contributed by atoms with Crippen LogP contribution in [0.2, 0.25) is 0 Å². The Morgan fingerprint density at radius 2 is 1.79 bits per heavy atom. The normalized spacial score (nSPS) is 23.9. The Kier molecular flexibility index (Phi) is 7.71. The number of nitrogens with zero attached hydrogens (tertiary/aromatic N) is 1. The summed E-state index contributed by atoms with van der Waals surface area (Å²) in [5.74, 6) is 0.853. The highest BCUT2D eigenvalue weighted by Gasteiger charge is 2.34. The molecule has 0 radical (unpaired) electrons. The lowest BCUT2D eigenvalue weighted by Gasteiger charge is -2.38. The van der Waals surface area contributed by atoms with Gasteiger partial charge < -0.3 is 10.6 Å². The topological polar surface area (TPSA) is 92.5 Å². The maximum absolute atomic E-state index is 12.6. The van der Waals surface area contributed by atoms with Gasteiger partial charge in [0, 0.05) is 19.6 Å². The Balaban J connectivity index is 1.36. The third-order valence-corrected chi connectivity index (χ3v) is 8.09. The minimum absolute atomic E-state index is 0.0199. The van der Waals surface area contributed by atoms with Crippen molar-refractivity contribution in [2.45, 2.75) is 69.2 Å². The molecule has 7 heteroatoms. The van der Waals surface area contributed by atoms with E-state index < -0.39 is 16.1 Å². The van der Waals surface area contributed by atoms with Crippen LogP contribution in [-0.4, -0.2) is 44.9 Å². The molecule has 2 saturated carbocycles. The van der Waals surface area contributed by atoms with Crippen LogP contribution in [0.15, 0.2) is 30.3 Å². The molecule has 3 rings (SSSR count). The fourth-order valence-corrected chi connectivity index (χ4v) is 5.65. The van der Waals surface area contributed by atoms with Gasteiger partial charge in [0.1, 0.15) is 0 Å². The summed E-state index contributed by atoms with van der Waals surface area (Å²) in [6, 6.07) is 9.22. The van der Waals surface area contributed by atoms with Gasteiger partial charge in [-0.15, -0.1) is 0 Å². The number of carbonyl (C=O) groups excluding carboxylic acids is 1. The second-order valence-corrected chi connectivity index (χ2v) is 10.6. The van der Waals surface area contributed by atoms with Gasteiger partial charge >= 0.3 is 0 Å². The molecule has 6 nitrogen and oxygen atoms in total. The summed E-state index contributed by atoms with van der Waals surface area (Å²) in [5.41, 5.74) is 7.10. The van der Waals surface area contributed by atoms with E-state index in [-0.39, 0.29) is 17.6 Å². The molecule has 0 aliphatic heterocycles. The molecular formula is C22H35N3O3S. The van der Waals surface area contributed by atoms with E-state index in [9.17, 15) is 13.2 Å². The highest BCUT2D eigenvalue weighted by atomic mass is 32.2. The van der Waals surface area contributed by atoms with Crippen molar-refractivity contribution in [1.82, 2.24) is 9.62 Å². The summed E-state index contributed by atoms with van der Waals surface area (Å²) in [6.45, 7) is 0.472. The third-order valence-electron chi connectivity index (χ3n) is 6.73. The molecule has 0 heterocycles. The van der Waals surface area contributed by atoms with Crippen molar-refractivity contribution in [2.75, 3.05) is 13.6 Å². The second kappa shape index (κ2) is 10.0. The zero-order valence-corrected chi connectivity index (χ0v) is 18.2. The number of nitrogens with one attached hydrogen (secondary N) is 1. The molecule has 2 aliphatic carbocycles. The van der Waals surface area contributed by atoms with E-state index in [1.54, 1.807) is 0 Å². The van der Waals surface area contributed by atoms with Crippen LogP contribution >= 0.6 is 0 Å². The first kappa shape index (κ1) is 22.2. The molecule has 1 aromatic rings. The average molecular weight is 422 g/mol. The fourth-order valence-electron chi connectivity index (χ4n) is 4.49. The maximum atomic E-state index is 12.6. The van der Waals surface area contributed by atoms with Gasteiger partial charge in [0.05, 0.1) is 11.8 Å². The Hall–Kier alpha value is -1.44. The van der Waals surface area contributed by atoms with Crippen LogP contribution in [0.5, 0.6) is 0 Å². The highest BCUT2D eigenvalue weighted by Crippen LogP contribution is 2.33. The Morgan fingerprint density at radius 3 is 2.38 bits per heavy atom. The summed E-state index contributed by atoms with van der Waals surface area (Å²) in [5, 5.41) is 0. The second-order valence-electron chi connectivity index (χ2n) is 8.77. The molecule has 0 aromatic heterocycles. The minimum atomic E-state index is -3.31. The van der Waals surface area contributed by atoms with Crippen LogP contribution in [0.1, 0.15) is 56.9 Å². The molecule has 0 unspecified atom stereocenters. The van der Waals surface area contributed by atoms with E-state index in [4.69, 9.17) is 5.73 Å². The van der Waals surface area contributed by atoms with Crippen molar-refractivity contribution >= 4 is 15.9 Å². The van der Waals surface area contributed by atoms with Crippen molar-refractivity contribution in [3.05, 3.63) is 35.9 Å². The van der Waals surface area contributed by atoms with E-state index >= 15 is 0 Å². The number of benzene rings is 1. The van der Waals surface area contributed by atoms with Gasteiger partial charge in [-0.3, -0.25) is 4.79 Å². The molecule has 162 valence electrons. The highest BCUT2D eigenvalue weighted by molar-refractivity contribution is 7.88. The molecule has 0 spiro atoms. The molecule has 0 bridgehead atoms. The fraction of sp³-hybridized carbons (Fsp3) is 0.682. The number of sulfonamides is 1. The van der Waals surface area contributed by atoms with Crippen molar-refractivity contribution < 1.29 is 13.2 Å². The molecule has 1 atom stereocenters. The van der Waals surface area contributed by atoms with Crippen LogP contribution < -0.4 is 10.5 Å². The first-order valence-electron chi connectivity index (χ1n) is 10.9. The number of likely N-dealkylation sites (N-methyl/N-ethyl adjacent to an activating group) is 1. The van der Waals surface area contributed by atoms with Crippen LogP contribution in [0.4, 0.5) is 0 Å². The summed E-state index contributed by atoms with van der Waals surface area (Å²) in [7, 11) is -1.42. The quantitative estimate of drug-likeness (QED) is 0.641. The summed E-state index contributed by atoms with van der Waals surface area (Å²) in [4.78, 5) is 14.5. The van der Waals surface area contributed by atoms with Crippen molar-refractivity contribution in [3.8, 4) is 0 Å². The molecule has 3 N–H and O–H groups in total. The monoisotopic (exact) mass is 421 g/mol. The molecule has 2 aliphatic rings. The number of amides is 1. The molecule has 1 aromatic carbocycles. The molecule has 1 amide bonds. The van der Waals surface area contributed by atoms with Gasteiger partial charge in [-0.2, -0.15) is 0 Å². The number of hydrogen-bond donors (Lipinski definition) is 2. The van der Waals surface area contributed by atoms with Crippen LogP contribution in [0.25, 0.3) is 0 Å². The molecule has 0 saturated heterocycles. The summed E-state index contributed by atoms with van der Waals surface area (Å²) in [6.07, 6.45) is 8.17. The van der Waals surface area contributed by atoms with Crippen molar-refractivity contribution in [2.24, 2.45) is 17.6 Å². The van der Waals surface area contributed by atoms with E-state index in [0.29, 0.717) is 18.5 Å². The van der Waals surface area contributed by atoms with E-state index in [1.807, 2.05) is 42.3 Å². The number of rotatable bonds is 9. The third kappa shape index (κ3) is 6.27. The SMILES string of the molecule is CN(C(=O)[C@@H](N)C1CCC(CCNS(=O)(=O)Cc2ccccc2)CC1)C1CCC1. The van der Waals surface area contributed by atoms with Crippen LogP contribution in [0.3, 0.4) is 0 Å². The maximum Gasteiger partial charge on any atom is 0.239 e. The zero-order valence-electron chi connectivity index (χ0n) is 17.4. The molecule has 2 fully saturated rings. The minimum Gasteiger partial charge on any atom is -0.341 e. The molecular weight excluding hydrogens is 386 g/mol. The smallest absolute Gasteiger partial charge is 0.239 e. The predicted octanol–water partition coefficient (Wildman–Crippen LogP) is 2.64. The largest absolute Gasteiger partial charge is 0.341 e. The lowest BCUT2D eigenvalue weighted by molar-refractivity contribution is -0.136. The first-order valence-corrected chi connectivity index (χ1v) is 12.5. The van der Waals surface area contributed by atoms with Gasteiger partial charge in [0.15, 0.2) is 0 Å². The lowest BCUT2D eigenvalue weighted by Crippen LogP contribution is -2.52. The van der Waals surface area contributed by atoms with Gasteiger partial charge in [0.25, 0.3) is 0 Å². The zero-order chi connectivity index (χ0) is 20.9. The standard InChI is InChI=1S/C22H35N3O3S/c1-25(20-8-5-9-20)22(26)21(23)19-12-10-17(11-13-19)14-15-24-29(27,28)16-18-6-3-2-4-7-18/h2-4,6-7,17,19-21,24H,5,8-16,23H2,1H3/t17?,19?,21-/m0/s1. The predicted molar refractivity (Wildman–Crippen MR) is 116 cm³/mol. The first-order chi connectivity index (χ1) is 13.9. The van der Waals surface area contributed by atoms with Gasteiger partial charge in [-0.25, -0.2) is 13.1 Å². The van der Waals surface area contributed by atoms with Crippen molar-refractivity contribution in [3.63, 3.8) is 0 Å². The van der Waals surface area contributed by atoms with E-state index in [1.165, 1.54) is 6.42 Å². The number of hydrogen-bond acceptors (Lipinski definition) is 4. The van der Waals surface area contributed by atoms with Crippen LogP contribution in [0, 0.1) is 11.8 Å².